The summed E-state index contributed by atoms with van der Waals surface area (Å²) in [6.45, 7) is 7.72. The van der Waals surface area contributed by atoms with Crippen LogP contribution in [0.4, 0.5) is 5.00 Å². The van der Waals surface area contributed by atoms with Gasteiger partial charge in [-0.1, -0.05) is 11.6 Å². The predicted octanol–water partition coefficient (Wildman–Crippen LogP) is 5.55. The molecule has 1 aliphatic rings. The summed E-state index contributed by atoms with van der Waals surface area (Å²) in [5, 5.41) is 8.42. The molecule has 4 rings (SSSR count). The van der Waals surface area contributed by atoms with Crippen LogP contribution in [0.5, 0.6) is 0 Å². The topological polar surface area (TPSA) is 86.4 Å². The lowest BCUT2D eigenvalue weighted by atomic mass is 9.95. The van der Waals surface area contributed by atoms with Gasteiger partial charge in [0.15, 0.2) is 5.76 Å². The number of thiophene rings is 1. The van der Waals surface area contributed by atoms with Gasteiger partial charge in [-0.05, 0) is 71.1 Å². The quantitative estimate of drug-likeness (QED) is 0.472. The highest BCUT2D eigenvalue weighted by Gasteiger charge is 2.28. The van der Waals surface area contributed by atoms with Crippen molar-refractivity contribution in [3.63, 3.8) is 0 Å². The van der Waals surface area contributed by atoms with Crippen molar-refractivity contribution in [1.82, 2.24) is 9.78 Å². The molecule has 0 aliphatic heterocycles. The van der Waals surface area contributed by atoms with Crippen molar-refractivity contribution in [2.24, 2.45) is 0 Å². The van der Waals surface area contributed by atoms with Crippen LogP contribution in [-0.2, 0) is 24.1 Å². The second kappa shape index (κ2) is 9.11. The maximum absolute atomic E-state index is 12.9. The molecule has 0 radical (unpaired) electrons. The van der Waals surface area contributed by atoms with Crippen molar-refractivity contribution in [2.45, 2.75) is 66.0 Å². The van der Waals surface area contributed by atoms with Gasteiger partial charge in [-0.3, -0.25) is 9.48 Å². The Bertz CT molecular complexity index is 1170. The Balaban J connectivity index is 1.55. The number of furan rings is 1. The lowest BCUT2D eigenvalue weighted by Crippen LogP contribution is -2.17. The van der Waals surface area contributed by atoms with Gasteiger partial charge in [0.25, 0.3) is 5.91 Å². The average Bonchev–Trinajstić information content (AvgIpc) is 3.41. The normalized spacial score (nSPS) is 13.3. The number of aromatic nitrogens is 2. The van der Waals surface area contributed by atoms with Crippen molar-refractivity contribution in [1.29, 1.82) is 0 Å². The predicted molar refractivity (Wildman–Crippen MR) is 124 cm³/mol. The molecule has 0 fully saturated rings. The van der Waals surface area contributed by atoms with Crippen LogP contribution in [-0.4, -0.2) is 27.8 Å². The van der Waals surface area contributed by atoms with E-state index in [1.807, 2.05) is 27.7 Å². The van der Waals surface area contributed by atoms with Crippen molar-refractivity contribution in [3.8, 4) is 0 Å². The van der Waals surface area contributed by atoms with Crippen LogP contribution in [0, 0.1) is 13.8 Å². The van der Waals surface area contributed by atoms with E-state index in [9.17, 15) is 9.59 Å². The van der Waals surface area contributed by atoms with Gasteiger partial charge in [0.05, 0.1) is 34.6 Å². The molecule has 3 aromatic rings. The zero-order valence-corrected chi connectivity index (χ0v) is 20.2. The average molecular weight is 476 g/mol. The highest BCUT2D eigenvalue weighted by atomic mass is 35.5. The van der Waals surface area contributed by atoms with E-state index in [1.165, 1.54) is 11.3 Å². The van der Waals surface area contributed by atoms with E-state index >= 15 is 0 Å². The summed E-state index contributed by atoms with van der Waals surface area (Å²) in [6.07, 6.45) is 3.60. The number of ether oxygens (including phenoxy) is 1. The highest BCUT2D eigenvalue weighted by molar-refractivity contribution is 7.17. The highest BCUT2D eigenvalue weighted by Crippen LogP contribution is 2.39. The Hall–Kier alpha value is -2.58. The third-order valence-electron chi connectivity index (χ3n) is 5.43. The molecule has 0 bridgehead atoms. The van der Waals surface area contributed by atoms with Crippen LogP contribution >= 0.6 is 22.9 Å². The van der Waals surface area contributed by atoms with E-state index in [0.717, 1.165) is 47.5 Å². The zero-order chi connectivity index (χ0) is 23.0. The van der Waals surface area contributed by atoms with E-state index in [-0.39, 0.29) is 11.9 Å². The van der Waals surface area contributed by atoms with E-state index < -0.39 is 11.9 Å². The Labute approximate surface area is 195 Å². The molecule has 170 valence electrons. The van der Waals surface area contributed by atoms with Crippen molar-refractivity contribution < 1.29 is 18.7 Å². The van der Waals surface area contributed by atoms with Gasteiger partial charge in [-0.15, -0.1) is 11.3 Å². The van der Waals surface area contributed by atoms with Crippen LogP contribution < -0.4 is 5.32 Å². The van der Waals surface area contributed by atoms with Gasteiger partial charge in [-0.2, -0.15) is 5.10 Å². The number of nitrogens with zero attached hydrogens (tertiary/aromatic N) is 2. The molecule has 0 atom stereocenters. The number of rotatable bonds is 6. The molecular weight excluding hydrogens is 450 g/mol. The summed E-state index contributed by atoms with van der Waals surface area (Å²) in [5.41, 5.74) is 3.07. The Morgan fingerprint density at radius 2 is 2.03 bits per heavy atom. The monoisotopic (exact) mass is 475 g/mol. The lowest BCUT2D eigenvalue weighted by Gasteiger charge is -2.14. The molecular formula is C23H26ClN3O4S. The summed E-state index contributed by atoms with van der Waals surface area (Å²) < 4.78 is 13.0. The summed E-state index contributed by atoms with van der Waals surface area (Å²) >= 11 is 7.66. The maximum atomic E-state index is 12.9. The van der Waals surface area contributed by atoms with Crippen molar-refractivity contribution in [2.75, 3.05) is 5.32 Å². The minimum atomic E-state index is -0.403. The number of hydrogen-bond acceptors (Lipinski definition) is 6. The lowest BCUT2D eigenvalue weighted by molar-refractivity contribution is 0.0378. The molecule has 3 aromatic heterocycles. The summed E-state index contributed by atoms with van der Waals surface area (Å²) in [6, 6.07) is 3.37. The third kappa shape index (κ3) is 4.47. The van der Waals surface area contributed by atoms with Crippen molar-refractivity contribution >= 4 is 39.8 Å². The van der Waals surface area contributed by atoms with Gasteiger partial charge < -0.3 is 14.5 Å². The molecule has 32 heavy (non-hydrogen) atoms. The molecule has 3 heterocycles. The Morgan fingerprint density at radius 3 is 2.72 bits per heavy atom. The fourth-order valence-corrected chi connectivity index (χ4v) is 5.28. The minimum Gasteiger partial charge on any atom is -0.459 e. The second-order valence-electron chi connectivity index (χ2n) is 8.23. The number of fused-ring (bicyclic) bond motifs is 1. The molecule has 0 aromatic carbocycles. The van der Waals surface area contributed by atoms with E-state index in [4.69, 9.17) is 20.8 Å². The smallest absolute Gasteiger partial charge is 0.341 e. The SMILES string of the molecule is Cc1nn(Cc2ccc(C(=O)Nc3sc4c(c3C(=O)OC(C)C)CCCC4)o2)c(C)c1Cl. The fourth-order valence-electron chi connectivity index (χ4n) is 3.87. The van der Waals surface area contributed by atoms with E-state index in [1.54, 1.807) is 16.8 Å². The van der Waals surface area contributed by atoms with E-state index in [0.29, 0.717) is 27.9 Å². The second-order valence-corrected chi connectivity index (χ2v) is 9.71. The first kappa shape index (κ1) is 22.6. The van der Waals surface area contributed by atoms with Gasteiger partial charge in [0.2, 0.25) is 0 Å². The molecule has 7 nitrogen and oxygen atoms in total. The first-order valence-electron chi connectivity index (χ1n) is 10.7. The zero-order valence-electron chi connectivity index (χ0n) is 18.6. The number of carbonyl (C=O) groups is 2. The first-order chi connectivity index (χ1) is 15.2. The number of carbonyl (C=O) groups excluding carboxylic acids is 2. The largest absolute Gasteiger partial charge is 0.459 e. The van der Waals surface area contributed by atoms with Crippen LogP contribution in [0.3, 0.4) is 0 Å². The Morgan fingerprint density at radius 1 is 1.28 bits per heavy atom. The molecule has 0 spiro atoms. The molecule has 0 saturated heterocycles. The standard InChI is InChI=1S/C23H26ClN3O4S/c1-12(2)30-23(29)19-16-7-5-6-8-18(16)32-22(19)25-21(28)17-10-9-15(31-17)11-27-14(4)20(24)13(3)26-27/h9-10,12H,5-8,11H2,1-4H3,(H,25,28). The number of aryl methyl sites for hydroxylation is 2. The number of halogens is 1. The van der Waals surface area contributed by atoms with Crippen LogP contribution in [0.15, 0.2) is 16.5 Å². The summed E-state index contributed by atoms with van der Waals surface area (Å²) in [5.74, 6) is -0.0411. The number of hydrogen-bond donors (Lipinski definition) is 1. The molecule has 1 N–H and O–H groups in total. The van der Waals surface area contributed by atoms with Gasteiger partial charge >= 0.3 is 5.97 Å². The number of nitrogens with one attached hydrogen (secondary N) is 1. The summed E-state index contributed by atoms with van der Waals surface area (Å²) in [4.78, 5) is 26.8. The molecule has 1 aliphatic carbocycles. The van der Waals surface area contributed by atoms with Gasteiger partial charge in [0.1, 0.15) is 10.8 Å². The number of amides is 1. The van der Waals surface area contributed by atoms with Crippen LogP contribution in [0.25, 0.3) is 0 Å². The molecule has 0 saturated carbocycles. The fraction of sp³-hybridized carbons (Fsp3) is 0.435. The Kier molecular flexibility index (Phi) is 6.44. The van der Waals surface area contributed by atoms with Gasteiger partial charge in [0, 0.05) is 4.88 Å². The first-order valence-corrected chi connectivity index (χ1v) is 11.9. The van der Waals surface area contributed by atoms with Crippen LogP contribution in [0.1, 0.15) is 75.2 Å². The van der Waals surface area contributed by atoms with E-state index in [2.05, 4.69) is 10.4 Å². The number of anilines is 1. The molecule has 0 unspecified atom stereocenters. The molecule has 1 amide bonds. The van der Waals surface area contributed by atoms with Crippen LogP contribution in [0.2, 0.25) is 5.02 Å². The number of esters is 1. The minimum absolute atomic E-state index is 0.169. The van der Waals surface area contributed by atoms with Crippen molar-refractivity contribution in [3.05, 3.63) is 56.1 Å². The molecule has 9 heteroatoms. The van der Waals surface area contributed by atoms with Gasteiger partial charge in [-0.25, -0.2) is 4.79 Å². The maximum Gasteiger partial charge on any atom is 0.341 e. The third-order valence-corrected chi connectivity index (χ3v) is 7.18. The summed E-state index contributed by atoms with van der Waals surface area (Å²) in [7, 11) is 0.